The Labute approximate surface area is 244 Å². The van der Waals surface area contributed by atoms with E-state index in [9.17, 15) is 5.11 Å². The number of rotatable bonds is 4. The summed E-state index contributed by atoms with van der Waals surface area (Å²) in [5.41, 5.74) is 8.77. The summed E-state index contributed by atoms with van der Waals surface area (Å²) in [6.45, 7) is 6.22. The second kappa shape index (κ2) is 9.92. The van der Waals surface area contributed by atoms with E-state index in [0.717, 1.165) is 45.4 Å². The summed E-state index contributed by atoms with van der Waals surface area (Å²) in [4.78, 5) is 12.6. The van der Waals surface area contributed by atoms with Gasteiger partial charge in [0.25, 0.3) is 0 Å². The lowest BCUT2D eigenvalue weighted by atomic mass is 9.93. The van der Waals surface area contributed by atoms with E-state index in [1.807, 2.05) is 72.3 Å². The van der Waals surface area contributed by atoms with Gasteiger partial charge in [0.15, 0.2) is 29.0 Å². The minimum Gasteiger partial charge on any atom is -0.504 e. The van der Waals surface area contributed by atoms with Crippen molar-refractivity contribution in [2.75, 3.05) is 17.3 Å². The van der Waals surface area contributed by atoms with Gasteiger partial charge < -0.3 is 20.1 Å². The molecule has 42 heavy (non-hydrogen) atoms. The molecule has 0 fully saturated rings. The van der Waals surface area contributed by atoms with E-state index in [1.165, 1.54) is 11.1 Å². The molecule has 0 bridgehead atoms. The third-order valence-electron chi connectivity index (χ3n) is 7.93. The summed E-state index contributed by atoms with van der Waals surface area (Å²) in [5.74, 6) is 2.53. The van der Waals surface area contributed by atoms with Gasteiger partial charge >= 0.3 is 0 Å². The van der Waals surface area contributed by atoms with E-state index in [4.69, 9.17) is 19.8 Å². The van der Waals surface area contributed by atoms with E-state index in [0.29, 0.717) is 17.4 Å². The molecule has 4 aromatic carbocycles. The van der Waals surface area contributed by atoms with E-state index < -0.39 is 0 Å². The molecule has 1 aromatic heterocycles. The van der Waals surface area contributed by atoms with E-state index >= 15 is 0 Å². The van der Waals surface area contributed by atoms with Crippen LogP contribution in [0.5, 0.6) is 11.5 Å². The zero-order valence-electron chi connectivity index (χ0n) is 23.8. The van der Waals surface area contributed by atoms with Crippen LogP contribution in [0, 0.1) is 20.8 Å². The highest BCUT2D eigenvalue weighted by atomic mass is 16.5. The zero-order valence-corrected chi connectivity index (χ0v) is 23.8. The first-order chi connectivity index (χ1) is 20.4. The molecule has 0 saturated carbocycles. The van der Waals surface area contributed by atoms with Crippen molar-refractivity contribution in [3.8, 4) is 17.2 Å². The highest BCUT2D eigenvalue weighted by Gasteiger charge is 2.41. The number of phenolic OH excluding ortho intramolecular Hbond substituents is 1. The van der Waals surface area contributed by atoms with Gasteiger partial charge in [0.05, 0.1) is 35.9 Å². The predicted octanol–water partition coefficient (Wildman–Crippen LogP) is 7.31. The molecule has 2 N–H and O–H groups in total. The van der Waals surface area contributed by atoms with Gasteiger partial charge in [0.2, 0.25) is 0 Å². The van der Waals surface area contributed by atoms with Gasteiger partial charge in [0.1, 0.15) is 0 Å². The second-order valence-electron chi connectivity index (χ2n) is 10.6. The highest BCUT2D eigenvalue weighted by Crippen LogP contribution is 2.49. The maximum Gasteiger partial charge on any atom is 0.179 e. The summed E-state index contributed by atoms with van der Waals surface area (Å²) in [5, 5.41) is 19.0. The number of nitrogens with one attached hydrogen (secondary N) is 1. The number of aromatic hydroxyl groups is 1. The molecule has 0 saturated heterocycles. The number of aliphatic imine (C=N–C) groups is 2. The van der Waals surface area contributed by atoms with Crippen molar-refractivity contribution in [1.82, 2.24) is 9.78 Å². The van der Waals surface area contributed by atoms with Crippen LogP contribution in [0.3, 0.4) is 0 Å². The number of fused-ring (bicyclic) bond motifs is 4. The Hall–Kier alpha value is -5.37. The number of phenols is 1. The third-order valence-corrected chi connectivity index (χ3v) is 7.93. The molecule has 208 valence electrons. The van der Waals surface area contributed by atoms with Crippen molar-refractivity contribution in [1.29, 1.82) is 0 Å². The van der Waals surface area contributed by atoms with E-state index in [1.54, 1.807) is 13.2 Å². The highest BCUT2D eigenvalue weighted by molar-refractivity contribution is 6.51. The van der Waals surface area contributed by atoms with Crippen molar-refractivity contribution in [3.63, 3.8) is 0 Å². The van der Waals surface area contributed by atoms with Crippen LogP contribution in [0.1, 0.15) is 34.0 Å². The van der Waals surface area contributed by atoms with Gasteiger partial charge in [-0.1, -0.05) is 42.5 Å². The minimum atomic E-state index is -0.326. The molecular weight excluding hydrogens is 524 g/mol. The molecule has 8 heteroatoms. The van der Waals surface area contributed by atoms with E-state index in [-0.39, 0.29) is 11.8 Å². The van der Waals surface area contributed by atoms with Crippen molar-refractivity contribution in [2.45, 2.75) is 26.8 Å². The molecular formula is C34H30N6O2. The summed E-state index contributed by atoms with van der Waals surface area (Å²) in [6.07, 6.45) is 0. The van der Waals surface area contributed by atoms with Gasteiger partial charge in [-0.2, -0.15) is 5.10 Å². The Morgan fingerprint density at radius 1 is 0.833 bits per heavy atom. The van der Waals surface area contributed by atoms with Crippen LogP contribution in [0.2, 0.25) is 0 Å². The van der Waals surface area contributed by atoms with Crippen molar-refractivity contribution < 1.29 is 9.84 Å². The van der Waals surface area contributed by atoms with Crippen molar-refractivity contribution >= 4 is 34.6 Å². The first kappa shape index (κ1) is 25.6. The normalized spacial score (nSPS) is 15.2. The number of nitrogens with zero attached hydrogens (tertiary/aromatic N) is 5. The van der Waals surface area contributed by atoms with Crippen LogP contribution in [-0.2, 0) is 0 Å². The number of benzene rings is 4. The summed E-state index contributed by atoms with van der Waals surface area (Å²) in [6, 6.07) is 29.6. The summed E-state index contributed by atoms with van der Waals surface area (Å²) < 4.78 is 7.44. The number of anilines is 2. The van der Waals surface area contributed by atoms with Gasteiger partial charge in [0, 0.05) is 11.3 Å². The fourth-order valence-electron chi connectivity index (χ4n) is 5.68. The number of amidine groups is 2. The molecule has 0 spiro atoms. The minimum absolute atomic E-state index is 0.0839. The fourth-order valence-corrected chi connectivity index (χ4v) is 5.68. The van der Waals surface area contributed by atoms with Crippen molar-refractivity contribution in [2.24, 2.45) is 9.98 Å². The molecule has 3 heterocycles. The lowest BCUT2D eigenvalue weighted by Crippen LogP contribution is -2.46. The van der Waals surface area contributed by atoms with Crippen molar-refractivity contribution in [3.05, 3.63) is 119 Å². The maximum atomic E-state index is 10.5. The van der Waals surface area contributed by atoms with Gasteiger partial charge in [-0.3, -0.25) is 0 Å². The first-order valence-electron chi connectivity index (χ1n) is 13.8. The van der Waals surface area contributed by atoms with Crippen LogP contribution in [0.15, 0.2) is 101 Å². The molecule has 0 aliphatic carbocycles. The standard InChI is InChI=1S/C34H30N6O2/c1-20-14-16-24(18-21(20)2)35-32-34-37-33-30(22(3)38-40(33)25-10-6-5-7-11-25)31(23-15-17-28(41)29(19-23)42-4)39(34)27-13-9-8-12-26(27)36-32/h5-19,31,41H,1-4H3,(H,35,36)/t31-/m0/s1. The molecule has 2 aliphatic rings. The summed E-state index contributed by atoms with van der Waals surface area (Å²) in [7, 11) is 1.56. The van der Waals surface area contributed by atoms with Crippen LogP contribution in [-0.4, -0.2) is 33.7 Å². The third kappa shape index (κ3) is 4.11. The van der Waals surface area contributed by atoms with Crippen LogP contribution < -0.4 is 15.0 Å². The lowest BCUT2D eigenvalue weighted by molar-refractivity contribution is 0.372. The first-order valence-corrected chi connectivity index (χ1v) is 13.8. The number of aryl methyl sites for hydroxylation is 3. The topological polar surface area (TPSA) is 87.3 Å². The maximum absolute atomic E-state index is 10.5. The molecule has 0 radical (unpaired) electrons. The zero-order chi connectivity index (χ0) is 29.0. The monoisotopic (exact) mass is 554 g/mol. The molecule has 0 unspecified atom stereocenters. The Morgan fingerprint density at radius 2 is 1.62 bits per heavy atom. The molecule has 2 aliphatic heterocycles. The quantitative estimate of drug-likeness (QED) is 0.243. The van der Waals surface area contributed by atoms with Gasteiger partial charge in [-0.25, -0.2) is 14.7 Å². The molecule has 0 amide bonds. The molecule has 7 rings (SSSR count). The Bertz CT molecular complexity index is 1910. The second-order valence-corrected chi connectivity index (χ2v) is 10.6. The lowest BCUT2D eigenvalue weighted by Gasteiger charge is -2.40. The smallest absolute Gasteiger partial charge is 0.179 e. The fraction of sp³-hybridized carbons (Fsp3) is 0.147. The number of ether oxygens (including phenoxy) is 1. The molecule has 5 aromatic rings. The largest absolute Gasteiger partial charge is 0.504 e. The molecule has 1 atom stereocenters. The number of hydrogen-bond acceptors (Lipinski definition) is 7. The number of methoxy groups -OCH3 is 1. The van der Waals surface area contributed by atoms with Gasteiger partial charge in [-0.15, -0.1) is 0 Å². The van der Waals surface area contributed by atoms with Crippen LogP contribution >= 0.6 is 0 Å². The number of para-hydroxylation sites is 3. The average Bonchev–Trinajstić information content (AvgIpc) is 3.34. The predicted molar refractivity (Wildman–Crippen MR) is 167 cm³/mol. The number of hydrogen-bond donors (Lipinski definition) is 2. The SMILES string of the molecule is COc1cc([C@H]2c3c(C)nn(-c4ccccc4)c3N=C3C(Nc4ccc(C)c(C)c4)=Nc4ccccc4N32)ccc1O. The Kier molecular flexibility index (Phi) is 6.04. The molecule has 8 nitrogen and oxygen atoms in total. The Morgan fingerprint density at radius 3 is 2.40 bits per heavy atom. The average molecular weight is 555 g/mol. The van der Waals surface area contributed by atoms with Crippen LogP contribution in [0.25, 0.3) is 5.69 Å². The number of aromatic nitrogens is 2. The summed E-state index contributed by atoms with van der Waals surface area (Å²) >= 11 is 0. The van der Waals surface area contributed by atoms with Crippen LogP contribution in [0.4, 0.5) is 22.9 Å². The Balaban J connectivity index is 1.50. The van der Waals surface area contributed by atoms with Gasteiger partial charge in [-0.05, 0) is 86.0 Å². The van der Waals surface area contributed by atoms with E-state index in [2.05, 4.69) is 48.3 Å².